The van der Waals surface area contributed by atoms with Gasteiger partial charge >= 0.3 is 0 Å². The zero-order valence-electron chi connectivity index (χ0n) is 10.9. The normalized spacial score (nSPS) is 12.4. The average Bonchev–Trinajstić information content (AvgIpc) is 2.77. The monoisotopic (exact) mass is 246 g/mol. The van der Waals surface area contributed by atoms with Crippen molar-refractivity contribution in [3.8, 4) is 5.75 Å². The molecule has 0 saturated carbocycles. The molecule has 4 nitrogen and oxygen atoms in total. The lowest BCUT2D eigenvalue weighted by atomic mass is 10.0. The second-order valence-electron chi connectivity index (χ2n) is 4.29. The van der Waals surface area contributed by atoms with Crippen molar-refractivity contribution in [2.24, 2.45) is 5.84 Å². The number of hydrazine groups is 1. The van der Waals surface area contributed by atoms with Crippen LogP contribution in [0.25, 0.3) is 0 Å². The highest BCUT2D eigenvalue weighted by molar-refractivity contribution is 5.42. The molecule has 1 aromatic heterocycles. The molecule has 0 saturated heterocycles. The molecule has 2 rings (SSSR count). The van der Waals surface area contributed by atoms with E-state index in [1.54, 1.807) is 7.11 Å². The smallest absolute Gasteiger partial charge is 0.127 e. The molecule has 0 bridgehead atoms. The van der Waals surface area contributed by atoms with Crippen molar-refractivity contribution in [1.29, 1.82) is 0 Å². The molecule has 3 N–H and O–H groups in total. The minimum atomic E-state index is -0.214. The van der Waals surface area contributed by atoms with Gasteiger partial charge in [-0.15, -0.1) is 0 Å². The van der Waals surface area contributed by atoms with Gasteiger partial charge in [0.15, 0.2) is 0 Å². The zero-order valence-corrected chi connectivity index (χ0v) is 10.9. The lowest BCUT2D eigenvalue weighted by molar-refractivity contribution is 0.390. The van der Waals surface area contributed by atoms with E-state index in [9.17, 15) is 0 Å². The van der Waals surface area contributed by atoms with Crippen LogP contribution in [-0.4, -0.2) is 7.11 Å². The highest BCUT2D eigenvalue weighted by atomic mass is 16.5. The first-order valence-corrected chi connectivity index (χ1v) is 5.82. The highest BCUT2D eigenvalue weighted by Gasteiger charge is 2.20. The van der Waals surface area contributed by atoms with Crippen molar-refractivity contribution in [2.45, 2.75) is 19.9 Å². The third-order valence-electron chi connectivity index (χ3n) is 2.91. The van der Waals surface area contributed by atoms with Crippen LogP contribution in [0.15, 0.2) is 34.7 Å². The number of furan rings is 1. The first-order chi connectivity index (χ1) is 8.65. The number of benzene rings is 1. The van der Waals surface area contributed by atoms with E-state index in [0.29, 0.717) is 0 Å². The van der Waals surface area contributed by atoms with Gasteiger partial charge in [0.25, 0.3) is 0 Å². The summed E-state index contributed by atoms with van der Waals surface area (Å²) in [7, 11) is 1.65. The second-order valence-corrected chi connectivity index (χ2v) is 4.29. The molecule has 96 valence electrons. The van der Waals surface area contributed by atoms with Gasteiger partial charge in [-0.25, -0.2) is 5.43 Å². The Morgan fingerprint density at radius 1 is 1.22 bits per heavy atom. The van der Waals surface area contributed by atoms with E-state index < -0.39 is 0 Å². The number of nitrogens with one attached hydrogen (secondary N) is 1. The molecule has 0 fully saturated rings. The summed E-state index contributed by atoms with van der Waals surface area (Å²) in [5, 5.41) is 0. The largest absolute Gasteiger partial charge is 0.496 e. The van der Waals surface area contributed by atoms with Gasteiger partial charge in [-0.3, -0.25) is 5.84 Å². The van der Waals surface area contributed by atoms with Crippen LogP contribution in [0.3, 0.4) is 0 Å². The van der Waals surface area contributed by atoms with E-state index >= 15 is 0 Å². The fourth-order valence-electron chi connectivity index (χ4n) is 2.01. The number of hydrogen-bond acceptors (Lipinski definition) is 4. The summed E-state index contributed by atoms with van der Waals surface area (Å²) in [4.78, 5) is 0. The Hall–Kier alpha value is -1.78. The second kappa shape index (κ2) is 5.25. The highest BCUT2D eigenvalue weighted by Crippen LogP contribution is 2.31. The summed E-state index contributed by atoms with van der Waals surface area (Å²) in [6, 6.07) is 9.60. The predicted octanol–water partition coefficient (Wildman–Crippen LogP) is 2.46. The van der Waals surface area contributed by atoms with Crippen LogP contribution in [0.2, 0.25) is 0 Å². The molecule has 0 aliphatic heterocycles. The fraction of sp³-hybridized carbons (Fsp3) is 0.286. The molecule has 2 aromatic rings. The summed E-state index contributed by atoms with van der Waals surface area (Å²) < 4.78 is 11.0. The van der Waals surface area contributed by atoms with Gasteiger partial charge in [-0.2, -0.15) is 0 Å². The molecule has 0 radical (unpaired) electrons. The SMILES string of the molecule is COc1ccc(C)cc1C(NN)c1ccc(C)o1. The Bertz CT molecular complexity index is 534. The van der Waals surface area contributed by atoms with Gasteiger partial charge in [-0.1, -0.05) is 17.7 Å². The van der Waals surface area contributed by atoms with Crippen molar-refractivity contribution in [3.05, 3.63) is 53.0 Å². The Balaban J connectivity index is 2.47. The van der Waals surface area contributed by atoms with E-state index in [4.69, 9.17) is 15.0 Å². The van der Waals surface area contributed by atoms with Crippen molar-refractivity contribution < 1.29 is 9.15 Å². The Kier molecular flexibility index (Phi) is 3.69. The van der Waals surface area contributed by atoms with Crippen LogP contribution < -0.4 is 16.0 Å². The van der Waals surface area contributed by atoms with Crippen molar-refractivity contribution in [1.82, 2.24) is 5.43 Å². The standard InChI is InChI=1S/C14H18N2O2/c1-9-4-6-12(17-3)11(8-9)14(16-15)13-7-5-10(2)18-13/h4-8,14,16H,15H2,1-3H3. The molecule has 1 aromatic carbocycles. The molecule has 1 heterocycles. The first kappa shape index (κ1) is 12.7. The molecule has 1 atom stereocenters. The van der Waals surface area contributed by atoms with Crippen LogP contribution in [0.5, 0.6) is 5.75 Å². The number of methoxy groups -OCH3 is 1. The molecule has 0 aliphatic carbocycles. The topological polar surface area (TPSA) is 60.4 Å². The van der Waals surface area contributed by atoms with Crippen molar-refractivity contribution >= 4 is 0 Å². The average molecular weight is 246 g/mol. The van der Waals surface area contributed by atoms with Gasteiger partial charge in [0.2, 0.25) is 0 Å². The molecule has 18 heavy (non-hydrogen) atoms. The third kappa shape index (κ3) is 2.39. The van der Waals surface area contributed by atoms with E-state index in [0.717, 1.165) is 28.4 Å². The minimum absolute atomic E-state index is 0.214. The van der Waals surface area contributed by atoms with Gasteiger partial charge in [0.1, 0.15) is 23.3 Å². The number of aryl methyl sites for hydroxylation is 2. The Morgan fingerprint density at radius 3 is 2.56 bits per heavy atom. The van der Waals surface area contributed by atoms with Crippen LogP contribution in [0.4, 0.5) is 0 Å². The van der Waals surface area contributed by atoms with Gasteiger partial charge < -0.3 is 9.15 Å². The fourth-order valence-corrected chi connectivity index (χ4v) is 2.01. The molecule has 0 aliphatic rings. The van der Waals surface area contributed by atoms with E-state index in [2.05, 4.69) is 5.43 Å². The van der Waals surface area contributed by atoms with Gasteiger partial charge in [0, 0.05) is 5.56 Å². The Morgan fingerprint density at radius 2 is 2.00 bits per heavy atom. The van der Waals surface area contributed by atoms with Crippen molar-refractivity contribution in [3.63, 3.8) is 0 Å². The number of hydrogen-bond donors (Lipinski definition) is 2. The third-order valence-corrected chi connectivity index (χ3v) is 2.91. The predicted molar refractivity (Wildman–Crippen MR) is 70.3 cm³/mol. The van der Waals surface area contributed by atoms with Crippen LogP contribution in [-0.2, 0) is 0 Å². The van der Waals surface area contributed by atoms with Crippen LogP contribution in [0, 0.1) is 13.8 Å². The van der Waals surface area contributed by atoms with Crippen LogP contribution in [0.1, 0.15) is 28.7 Å². The molecular formula is C14H18N2O2. The maximum Gasteiger partial charge on any atom is 0.127 e. The maximum atomic E-state index is 5.65. The maximum absolute atomic E-state index is 5.65. The van der Waals surface area contributed by atoms with Gasteiger partial charge in [-0.05, 0) is 32.0 Å². The quantitative estimate of drug-likeness (QED) is 0.642. The molecule has 1 unspecified atom stereocenters. The lowest BCUT2D eigenvalue weighted by Crippen LogP contribution is -2.29. The van der Waals surface area contributed by atoms with E-state index in [-0.39, 0.29) is 6.04 Å². The van der Waals surface area contributed by atoms with Crippen molar-refractivity contribution in [2.75, 3.05) is 7.11 Å². The lowest BCUT2D eigenvalue weighted by Gasteiger charge is -2.17. The first-order valence-electron chi connectivity index (χ1n) is 5.82. The van der Waals surface area contributed by atoms with E-state index in [1.807, 2.05) is 44.2 Å². The summed E-state index contributed by atoms with van der Waals surface area (Å²) in [6.45, 7) is 3.94. The number of ether oxygens (including phenoxy) is 1. The number of nitrogens with two attached hydrogens (primary N) is 1. The zero-order chi connectivity index (χ0) is 13.1. The molecule has 0 spiro atoms. The molecule has 0 amide bonds. The summed E-state index contributed by atoms with van der Waals surface area (Å²) in [5.74, 6) is 8.08. The summed E-state index contributed by atoms with van der Waals surface area (Å²) >= 11 is 0. The number of rotatable bonds is 4. The molecule has 4 heteroatoms. The molecular weight excluding hydrogens is 228 g/mol. The summed E-state index contributed by atoms with van der Waals surface area (Å²) in [5.41, 5.74) is 4.89. The summed E-state index contributed by atoms with van der Waals surface area (Å²) in [6.07, 6.45) is 0. The van der Waals surface area contributed by atoms with E-state index in [1.165, 1.54) is 0 Å². The van der Waals surface area contributed by atoms with Crippen LogP contribution >= 0.6 is 0 Å². The minimum Gasteiger partial charge on any atom is -0.496 e. The Labute approximate surface area is 107 Å². The van der Waals surface area contributed by atoms with Gasteiger partial charge in [0.05, 0.1) is 7.11 Å².